The predicted molar refractivity (Wildman–Crippen MR) is 73.9 cm³/mol. The third-order valence-corrected chi connectivity index (χ3v) is 3.28. The highest BCUT2D eigenvalue weighted by Crippen LogP contribution is 2.18. The normalized spacial score (nSPS) is 10.1. The second-order valence-corrected chi connectivity index (χ2v) is 5.04. The van der Waals surface area contributed by atoms with E-state index in [2.05, 4.69) is 10.3 Å². The Labute approximate surface area is 110 Å². The van der Waals surface area contributed by atoms with Crippen molar-refractivity contribution < 1.29 is 4.79 Å². The van der Waals surface area contributed by atoms with E-state index in [4.69, 9.17) is 0 Å². The molecule has 1 aromatic heterocycles. The summed E-state index contributed by atoms with van der Waals surface area (Å²) in [5.41, 5.74) is 3.34. The maximum Gasteiger partial charge on any atom is 0.255 e. The Morgan fingerprint density at radius 1 is 1.39 bits per heavy atom. The van der Waals surface area contributed by atoms with E-state index in [1.807, 2.05) is 30.5 Å². The first-order valence-corrected chi connectivity index (χ1v) is 6.48. The zero-order valence-electron chi connectivity index (χ0n) is 10.4. The van der Waals surface area contributed by atoms with Gasteiger partial charge in [0.2, 0.25) is 0 Å². The lowest BCUT2D eigenvalue weighted by atomic mass is 10.1. The molecule has 1 N–H and O–H groups in total. The Kier molecular flexibility index (Phi) is 3.94. The van der Waals surface area contributed by atoms with Crippen LogP contribution in [0.1, 0.15) is 15.2 Å². The van der Waals surface area contributed by atoms with Gasteiger partial charge in [-0.1, -0.05) is 12.1 Å². The number of carbonyl (C=O) groups is 1. The molecule has 5 heteroatoms. The van der Waals surface area contributed by atoms with Crippen molar-refractivity contribution in [1.82, 2.24) is 9.88 Å². The number of anilines is 1. The molecule has 94 valence electrons. The van der Waals surface area contributed by atoms with Crippen molar-refractivity contribution in [3.05, 3.63) is 46.4 Å². The van der Waals surface area contributed by atoms with Crippen LogP contribution in [0.25, 0.3) is 0 Å². The summed E-state index contributed by atoms with van der Waals surface area (Å²) in [6.07, 6.45) is 1.83. The van der Waals surface area contributed by atoms with Crippen molar-refractivity contribution >= 4 is 22.9 Å². The van der Waals surface area contributed by atoms with Gasteiger partial charge < -0.3 is 10.2 Å². The number of benzene rings is 1. The summed E-state index contributed by atoms with van der Waals surface area (Å²) in [7, 11) is 3.50. The summed E-state index contributed by atoms with van der Waals surface area (Å²) in [4.78, 5) is 18.7. The molecule has 0 saturated heterocycles. The summed E-state index contributed by atoms with van der Waals surface area (Å²) >= 11 is 1.59. The first-order valence-electron chi connectivity index (χ1n) is 5.60. The molecule has 0 atom stereocenters. The standard InChI is InChI=1S/C13H15N3OS/c1-16(2)13(17)11-5-3-4-6-12(11)15-8-10-7-14-9-18-10/h3-7,9,15H,8H2,1-2H3. The molecule has 2 rings (SSSR count). The predicted octanol–water partition coefficient (Wildman–Crippen LogP) is 2.46. The van der Waals surface area contributed by atoms with Crippen molar-refractivity contribution in [3.63, 3.8) is 0 Å². The molecular formula is C13H15N3OS. The van der Waals surface area contributed by atoms with E-state index >= 15 is 0 Å². The van der Waals surface area contributed by atoms with Crippen LogP contribution < -0.4 is 5.32 Å². The topological polar surface area (TPSA) is 45.2 Å². The number of thiazole rings is 1. The number of aromatic nitrogens is 1. The Balaban J connectivity index is 2.15. The van der Waals surface area contributed by atoms with Crippen molar-refractivity contribution in [2.24, 2.45) is 0 Å². The number of hydrogen-bond acceptors (Lipinski definition) is 4. The molecule has 4 nitrogen and oxygen atoms in total. The lowest BCUT2D eigenvalue weighted by molar-refractivity contribution is 0.0828. The van der Waals surface area contributed by atoms with Crippen LogP contribution in [-0.2, 0) is 6.54 Å². The van der Waals surface area contributed by atoms with Crippen LogP contribution in [0.4, 0.5) is 5.69 Å². The van der Waals surface area contributed by atoms with Gasteiger partial charge in [0.15, 0.2) is 0 Å². The van der Waals surface area contributed by atoms with Gasteiger partial charge in [-0.05, 0) is 12.1 Å². The van der Waals surface area contributed by atoms with Crippen LogP contribution in [0.5, 0.6) is 0 Å². The summed E-state index contributed by atoms with van der Waals surface area (Å²) in [5.74, 6) is 0.00223. The van der Waals surface area contributed by atoms with Crippen molar-refractivity contribution in [2.75, 3.05) is 19.4 Å². The molecule has 0 saturated carbocycles. The van der Waals surface area contributed by atoms with Crippen molar-refractivity contribution in [3.8, 4) is 0 Å². The Morgan fingerprint density at radius 3 is 2.83 bits per heavy atom. The van der Waals surface area contributed by atoms with Gasteiger partial charge in [0.05, 0.1) is 17.6 Å². The number of hydrogen-bond donors (Lipinski definition) is 1. The lowest BCUT2D eigenvalue weighted by Crippen LogP contribution is -2.22. The molecule has 0 aliphatic rings. The molecule has 1 amide bonds. The number of nitrogens with zero attached hydrogens (tertiary/aromatic N) is 2. The van der Waals surface area contributed by atoms with E-state index in [-0.39, 0.29) is 5.91 Å². The third-order valence-electron chi connectivity index (χ3n) is 2.50. The van der Waals surface area contributed by atoms with E-state index in [1.54, 1.807) is 35.8 Å². The second kappa shape index (κ2) is 5.64. The van der Waals surface area contributed by atoms with Crippen LogP contribution in [-0.4, -0.2) is 29.9 Å². The number of para-hydroxylation sites is 1. The SMILES string of the molecule is CN(C)C(=O)c1ccccc1NCc1cncs1. The highest BCUT2D eigenvalue weighted by Gasteiger charge is 2.12. The van der Waals surface area contributed by atoms with Gasteiger partial charge in [0.1, 0.15) is 0 Å². The third kappa shape index (κ3) is 2.87. The van der Waals surface area contributed by atoms with Crippen LogP contribution in [0.3, 0.4) is 0 Å². The first-order chi connectivity index (χ1) is 8.68. The minimum atomic E-state index is 0.00223. The van der Waals surface area contributed by atoms with Crippen LogP contribution >= 0.6 is 11.3 Å². The van der Waals surface area contributed by atoms with Gasteiger partial charge in [-0.2, -0.15) is 0 Å². The van der Waals surface area contributed by atoms with Crippen molar-refractivity contribution in [2.45, 2.75) is 6.54 Å². The minimum Gasteiger partial charge on any atom is -0.379 e. The molecule has 2 aromatic rings. The molecule has 0 spiro atoms. The second-order valence-electron chi connectivity index (χ2n) is 4.07. The fourth-order valence-corrected chi connectivity index (χ4v) is 2.11. The van der Waals surface area contributed by atoms with Gasteiger partial charge in [-0.25, -0.2) is 0 Å². The van der Waals surface area contributed by atoms with Gasteiger partial charge in [0, 0.05) is 30.9 Å². The van der Waals surface area contributed by atoms with Crippen LogP contribution in [0.2, 0.25) is 0 Å². The van der Waals surface area contributed by atoms with Gasteiger partial charge in [-0.15, -0.1) is 11.3 Å². The largest absolute Gasteiger partial charge is 0.379 e. The zero-order valence-corrected chi connectivity index (χ0v) is 11.2. The summed E-state index contributed by atoms with van der Waals surface area (Å²) in [6.45, 7) is 0.683. The number of amides is 1. The minimum absolute atomic E-state index is 0.00223. The van der Waals surface area contributed by atoms with Crippen LogP contribution in [0.15, 0.2) is 36.0 Å². The van der Waals surface area contributed by atoms with E-state index in [1.165, 1.54) is 0 Å². The van der Waals surface area contributed by atoms with Gasteiger partial charge in [-0.3, -0.25) is 9.78 Å². The summed E-state index contributed by atoms with van der Waals surface area (Å²) in [6, 6.07) is 7.53. The first kappa shape index (κ1) is 12.6. The number of carbonyl (C=O) groups excluding carboxylic acids is 1. The highest BCUT2D eigenvalue weighted by atomic mass is 32.1. The fourth-order valence-electron chi connectivity index (χ4n) is 1.58. The summed E-state index contributed by atoms with van der Waals surface area (Å²) < 4.78 is 0. The number of rotatable bonds is 4. The van der Waals surface area contributed by atoms with E-state index < -0.39 is 0 Å². The van der Waals surface area contributed by atoms with Gasteiger partial charge in [0.25, 0.3) is 5.91 Å². The molecule has 1 heterocycles. The Bertz CT molecular complexity index is 523. The van der Waals surface area contributed by atoms with Gasteiger partial charge >= 0.3 is 0 Å². The van der Waals surface area contributed by atoms with Crippen LogP contribution in [0, 0.1) is 0 Å². The molecule has 0 aliphatic carbocycles. The monoisotopic (exact) mass is 261 g/mol. The molecule has 0 unspecified atom stereocenters. The quantitative estimate of drug-likeness (QED) is 0.919. The highest BCUT2D eigenvalue weighted by molar-refractivity contribution is 7.09. The Morgan fingerprint density at radius 2 is 2.17 bits per heavy atom. The molecule has 0 fully saturated rings. The molecular weight excluding hydrogens is 246 g/mol. The molecule has 0 radical (unpaired) electrons. The zero-order chi connectivity index (χ0) is 13.0. The fraction of sp³-hybridized carbons (Fsp3) is 0.231. The maximum absolute atomic E-state index is 12.0. The van der Waals surface area contributed by atoms with E-state index in [0.717, 1.165) is 10.6 Å². The molecule has 0 aliphatic heterocycles. The maximum atomic E-state index is 12.0. The summed E-state index contributed by atoms with van der Waals surface area (Å²) in [5, 5.41) is 3.27. The van der Waals surface area contributed by atoms with E-state index in [9.17, 15) is 4.79 Å². The molecule has 1 aromatic carbocycles. The van der Waals surface area contributed by atoms with E-state index in [0.29, 0.717) is 12.1 Å². The Hall–Kier alpha value is -1.88. The molecule has 18 heavy (non-hydrogen) atoms. The average Bonchev–Trinajstić information content (AvgIpc) is 2.89. The number of nitrogens with one attached hydrogen (secondary N) is 1. The van der Waals surface area contributed by atoms with Crippen molar-refractivity contribution in [1.29, 1.82) is 0 Å². The molecule has 0 bridgehead atoms. The lowest BCUT2D eigenvalue weighted by Gasteiger charge is -2.14. The average molecular weight is 261 g/mol. The smallest absolute Gasteiger partial charge is 0.255 e.